The van der Waals surface area contributed by atoms with E-state index in [0.29, 0.717) is 28.5 Å². The highest BCUT2D eigenvalue weighted by atomic mass is 35.5. The van der Waals surface area contributed by atoms with Crippen molar-refractivity contribution in [1.82, 2.24) is 10.7 Å². The fourth-order valence-corrected chi connectivity index (χ4v) is 2.04. The van der Waals surface area contributed by atoms with Gasteiger partial charge in [0, 0.05) is 30.0 Å². The Morgan fingerprint density at radius 3 is 2.95 bits per heavy atom. The van der Waals surface area contributed by atoms with Crippen LogP contribution in [0.2, 0.25) is 5.02 Å². The average Bonchev–Trinajstić information content (AvgIpc) is 2.46. The molecular formula is C13H14ClN3O3. The normalized spacial score (nSPS) is 14.3. The smallest absolute Gasteiger partial charge is 0.267 e. The van der Waals surface area contributed by atoms with E-state index in [1.54, 1.807) is 18.2 Å². The molecule has 0 bridgehead atoms. The number of carbonyl (C=O) groups is 2. The van der Waals surface area contributed by atoms with Crippen molar-refractivity contribution in [3.63, 3.8) is 0 Å². The third kappa shape index (κ3) is 3.27. The van der Waals surface area contributed by atoms with Gasteiger partial charge in [-0.05, 0) is 12.1 Å². The molecule has 1 aromatic rings. The lowest BCUT2D eigenvalue weighted by Crippen LogP contribution is -2.36. The van der Waals surface area contributed by atoms with Crippen LogP contribution >= 0.6 is 11.6 Å². The van der Waals surface area contributed by atoms with Crippen LogP contribution in [0.1, 0.15) is 18.4 Å². The molecule has 2 N–H and O–H groups in total. The van der Waals surface area contributed by atoms with Gasteiger partial charge in [0.2, 0.25) is 5.91 Å². The van der Waals surface area contributed by atoms with Crippen LogP contribution in [0.15, 0.2) is 23.3 Å². The van der Waals surface area contributed by atoms with Gasteiger partial charge in [-0.3, -0.25) is 9.59 Å². The summed E-state index contributed by atoms with van der Waals surface area (Å²) in [6.07, 6.45) is 0.596. The van der Waals surface area contributed by atoms with Gasteiger partial charge in [-0.1, -0.05) is 17.7 Å². The maximum atomic E-state index is 11.9. The van der Waals surface area contributed by atoms with E-state index in [4.69, 9.17) is 16.3 Å². The van der Waals surface area contributed by atoms with Gasteiger partial charge in [0.25, 0.3) is 5.91 Å². The molecule has 0 atom stereocenters. The summed E-state index contributed by atoms with van der Waals surface area (Å²) in [5.41, 5.74) is 3.28. The summed E-state index contributed by atoms with van der Waals surface area (Å²) in [6, 6.07) is 5.27. The second-order valence-corrected chi connectivity index (χ2v) is 4.60. The van der Waals surface area contributed by atoms with Gasteiger partial charge in [0.05, 0.1) is 7.11 Å². The molecule has 2 rings (SSSR count). The molecule has 106 valence electrons. The van der Waals surface area contributed by atoms with E-state index in [2.05, 4.69) is 15.8 Å². The standard InChI is InChI=1S/C13H14ClN3O3/c1-20-11-4-2-3-9(14)8(11)7-15-13(19)10-5-6-12(18)17-16-10/h2-4H,5-7H2,1H3,(H,15,19)(H,17,18). The first-order chi connectivity index (χ1) is 9.61. The third-order valence-electron chi connectivity index (χ3n) is 2.89. The van der Waals surface area contributed by atoms with E-state index >= 15 is 0 Å². The molecule has 1 aliphatic heterocycles. The number of halogens is 1. The summed E-state index contributed by atoms with van der Waals surface area (Å²) in [4.78, 5) is 22.9. The highest BCUT2D eigenvalue weighted by Gasteiger charge is 2.18. The summed E-state index contributed by atoms with van der Waals surface area (Å²) in [7, 11) is 1.54. The summed E-state index contributed by atoms with van der Waals surface area (Å²) < 4.78 is 5.20. The first-order valence-electron chi connectivity index (χ1n) is 6.07. The predicted octanol–water partition coefficient (Wildman–Crippen LogP) is 1.23. The molecule has 20 heavy (non-hydrogen) atoms. The first-order valence-corrected chi connectivity index (χ1v) is 6.44. The molecule has 7 heteroatoms. The Labute approximate surface area is 121 Å². The lowest BCUT2D eigenvalue weighted by molar-refractivity contribution is -0.121. The molecule has 6 nitrogen and oxygen atoms in total. The van der Waals surface area contributed by atoms with Crippen molar-refractivity contribution in [3.8, 4) is 5.75 Å². The largest absolute Gasteiger partial charge is 0.496 e. The van der Waals surface area contributed by atoms with Crippen LogP contribution in [-0.4, -0.2) is 24.6 Å². The summed E-state index contributed by atoms with van der Waals surface area (Å²) >= 11 is 6.08. The average molecular weight is 296 g/mol. The monoisotopic (exact) mass is 295 g/mol. The fourth-order valence-electron chi connectivity index (χ4n) is 1.81. The van der Waals surface area contributed by atoms with Gasteiger partial charge < -0.3 is 10.1 Å². The number of nitrogens with one attached hydrogen (secondary N) is 2. The summed E-state index contributed by atoms with van der Waals surface area (Å²) in [6.45, 7) is 0.231. The van der Waals surface area contributed by atoms with Crippen LogP contribution in [0, 0.1) is 0 Å². The number of carbonyl (C=O) groups excluding carboxylic acids is 2. The van der Waals surface area contributed by atoms with E-state index in [1.807, 2.05) is 0 Å². The maximum absolute atomic E-state index is 11.9. The quantitative estimate of drug-likeness (QED) is 0.877. The van der Waals surface area contributed by atoms with Gasteiger partial charge in [0.15, 0.2) is 0 Å². The van der Waals surface area contributed by atoms with Gasteiger partial charge in [0.1, 0.15) is 11.5 Å². The van der Waals surface area contributed by atoms with Crippen molar-refractivity contribution in [3.05, 3.63) is 28.8 Å². The number of hydrogen-bond donors (Lipinski definition) is 2. The van der Waals surface area contributed by atoms with Crippen LogP contribution in [0.4, 0.5) is 0 Å². The van der Waals surface area contributed by atoms with E-state index in [9.17, 15) is 9.59 Å². The Hall–Kier alpha value is -2.08. The second kappa shape index (κ2) is 6.38. The van der Waals surface area contributed by atoms with E-state index in [0.717, 1.165) is 0 Å². The predicted molar refractivity (Wildman–Crippen MR) is 74.7 cm³/mol. The topological polar surface area (TPSA) is 79.8 Å². The molecule has 2 amide bonds. The third-order valence-corrected chi connectivity index (χ3v) is 3.24. The number of nitrogens with zero attached hydrogens (tertiary/aromatic N) is 1. The summed E-state index contributed by atoms with van der Waals surface area (Å²) in [5, 5.41) is 6.96. The number of hydrogen-bond acceptors (Lipinski definition) is 4. The number of hydrazone groups is 1. The van der Waals surface area contributed by atoms with Crippen LogP contribution in [-0.2, 0) is 16.1 Å². The highest BCUT2D eigenvalue weighted by molar-refractivity contribution is 6.39. The van der Waals surface area contributed by atoms with Crippen LogP contribution < -0.4 is 15.5 Å². The Morgan fingerprint density at radius 2 is 2.30 bits per heavy atom. The minimum absolute atomic E-state index is 0.186. The number of rotatable bonds is 4. The molecule has 0 saturated carbocycles. The molecule has 0 aliphatic carbocycles. The Balaban J connectivity index is 2.02. The zero-order valence-electron chi connectivity index (χ0n) is 10.9. The van der Waals surface area contributed by atoms with Crippen molar-refractivity contribution >= 4 is 29.1 Å². The zero-order valence-corrected chi connectivity index (χ0v) is 11.7. The van der Waals surface area contributed by atoms with E-state index < -0.39 is 0 Å². The van der Waals surface area contributed by atoms with Crippen molar-refractivity contribution in [1.29, 1.82) is 0 Å². The van der Waals surface area contributed by atoms with Crippen molar-refractivity contribution in [2.24, 2.45) is 5.10 Å². The Bertz CT molecular complexity index is 572. The fraction of sp³-hybridized carbons (Fsp3) is 0.308. The second-order valence-electron chi connectivity index (χ2n) is 4.20. The van der Waals surface area contributed by atoms with Crippen LogP contribution in [0.25, 0.3) is 0 Å². The molecule has 0 radical (unpaired) electrons. The van der Waals surface area contributed by atoms with Crippen LogP contribution in [0.3, 0.4) is 0 Å². The first kappa shape index (κ1) is 14.3. The highest BCUT2D eigenvalue weighted by Crippen LogP contribution is 2.25. The van der Waals surface area contributed by atoms with Crippen molar-refractivity contribution in [2.75, 3.05) is 7.11 Å². The number of ether oxygens (including phenoxy) is 1. The summed E-state index contributed by atoms with van der Waals surface area (Å²) in [5.74, 6) is 0.0954. The molecule has 0 aromatic heterocycles. The van der Waals surface area contributed by atoms with Gasteiger partial charge in [-0.25, -0.2) is 5.43 Å². The molecule has 0 fully saturated rings. The van der Waals surface area contributed by atoms with Crippen LogP contribution in [0.5, 0.6) is 5.75 Å². The molecule has 1 aliphatic rings. The lowest BCUT2D eigenvalue weighted by atomic mass is 10.1. The molecule has 0 saturated heterocycles. The lowest BCUT2D eigenvalue weighted by Gasteiger charge is -2.14. The SMILES string of the molecule is COc1cccc(Cl)c1CNC(=O)C1=NNC(=O)CC1. The van der Waals surface area contributed by atoms with Gasteiger partial charge >= 0.3 is 0 Å². The molecule has 1 heterocycles. The maximum Gasteiger partial charge on any atom is 0.267 e. The Morgan fingerprint density at radius 1 is 1.50 bits per heavy atom. The molecule has 0 unspecified atom stereocenters. The number of methoxy groups -OCH3 is 1. The zero-order chi connectivity index (χ0) is 14.5. The number of amides is 2. The van der Waals surface area contributed by atoms with Gasteiger partial charge in [-0.15, -0.1) is 0 Å². The minimum Gasteiger partial charge on any atom is -0.496 e. The molecule has 0 spiro atoms. The van der Waals surface area contributed by atoms with Crippen molar-refractivity contribution in [2.45, 2.75) is 19.4 Å². The van der Waals surface area contributed by atoms with E-state index in [-0.39, 0.29) is 24.8 Å². The van der Waals surface area contributed by atoms with E-state index in [1.165, 1.54) is 7.11 Å². The van der Waals surface area contributed by atoms with Gasteiger partial charge in [-0.2, -0.15) is 5.10 Å². The molecule has 1 aromatic carbocycles. The van der Waals surface area contributed by atoms with Crippen molar-refractivity contribution < 1.29 is 14.3 Å². The number of benzene rings is 1. The molecular weight excluding hydrogens is 282 g/mol. The Kier molecular flexibility index (Phi) is 4.57. The minimum atomic E-state index is -0.327.